The van der Waals surface area contributed by atoms with E-state index in [9.17, 15) is 9.59 Å². The second-order valence-electron chi connectivity index (χ2n) is 7.86. The van der Waals surface area contributed by atoms with Crippen LogP contribution in [0.15, 0.2) is 24.3 Å². The van der Waals surface area contributed by atoms with E-state index in [2.05, 4.69) is 12.2 Å². The minimum atomic E-state index is -0.195. The largest absolute Gasteiger partial charge is 0.497 e. The van der Waals surface area contributed by atoms with Gasteiger partial charge in [-0.15, -0.1) is 0 Å². The number of ether oxygens (including phenoxy) is 1. The van der Waals surface area contributed by atoms with Crippen molar-refractivity contribution in [2.24, 2.45) is 11.8 Å². The summed E-state index contributed by atoms with van der Waals surface area (Å²) in [6, 6.07) is 7.92. The standard InChI is InChI=1S/C22H32N2O3/c1-3-4-12-23-21(25)20-15-24(22(26)16-8-5-6-9-16)14-19(20)17-10-7-11-18(13-17)27-2/h7,10-11,13,16,19-20H,3-6,8-9,12,14-15H2,1-2H3,(H,23,25). The van der Waals surface area contributed by atoms with Gasteiger partial charge in [0.1, 0.15) is 5.75 Å². The average Bonchev–Trinajstić information content (AvgIpc) is 3.38. The lowest BCUT2D eigenvalue weighted by Crippen LogP contribution is -2.37. The molecule has 27 heavy (non-hydrogen) atoms. The van der Waals surface area contributed by atoms with E-state index >= 15 is 0 Å². The van der Waals surface area contributed by atoms with Crippen molar-refractivity contribution in [2.75, 3.05) is 26.7 Å². The van der Waals surface area contributed by atoms with Gasteiger partial charge in [-0.25, -0.2) is 0 Å². The molecule has 1 N–H and O–H groups in total. The normalized spacial score (nSPS) is 22.8. The Hall–Kier alpha value is -2.04. The number of nitrogens with one attached hydrogen (secondary N) is 1. The molecule has 1 aliphatic carbocycles. The Kier molecular flexibility index (Phi) is 6.75. The lowest BCUT2D eigenvalue weighted by atomic mass is 9.88. The predicted molar refractivity (Wildman–Crippen MR) is 106 cm³/mol. The monoisotopic (exact) mass is 372 g/mol. The fraction of sp³-hybridized carbons (Fsp3) is 0.636. The molecule has 1 saturated heterocycles. The van der Waals surface area contributed by atoms with Crippen LogP contribution in [0.1, 0.15) is 56.9 Å². The molecule has 2 amide bonds. The quantitative estimate of drug-likeness (QED) is 0.747. The maximum atomic E-state index is 12.9. The van der Waals surface area contributed by atoms with E-state index < -0.39 is 0 Å². The first-order chi connectivity index (χ1) is 13.1. The SMILES string of the molecule is CCCCNC(=O)C1CN(C(=O)C2CCCC2)CC1c1cccc(OC)c1. The molecule has 2 atom stereocenters. The van der Waals surface area contributed by atoms with E-state index in [-0.39, 0.29) is 29.6 Å². The molecule has 2 aliphatic rings. The number of hydrogen-bond acceptors (Lipinski definition) is 3. The van der Waals surface area contributed by atoms with Gasteiger partial charge in [-0.2, -0.15) is 0 Å². The summed E-state index contributed by atoms with van der Waals surface area (Å²) in [5.74, 6) is 1.07. The third kappa shape index (κ3) is 4.63. The highest BCUT2D eigenvalue weighted by Gasteiger charge is 2.42. The molecule has 5 heteroatoms. The van der Waals surface area contributed by atoms with Gasteiger partial charge < -0.3 is 15.0 Å². The molecular weight excluding hydrogens is 340 g/mol. The van der Waals surface area contributed by atoms with Gasteiger partial charge in [-0.1, -0.05) is 38.3 Å². The fourth-order valence-electron chi connectivity index (χ4n) is 4.41. The molecule has 0 spiro atoms. The minimum Gasteiger partial charge on any atom is -0.497 e. The van der Waals surface area contributed by atoms with Crippen LogP contribution in [0.2, 0.25) is 0 Å². The summed E-state index contributed by atoms with van der Waals surface area (Å²) in [5, 5.41) is 3.07. The van der Waals surface area contributed by atoms with Crippen LogP contribution < -0.4 is 10.1 Å². The molecule has 148 valence electrons. The molecule has 2 fully saturated rings. The Morgan fingerprint density at radius 3 is 2.70 bits per heavy atom. The lowest BCUT2D eigenvalue weighted by molar-refractivity contribution is -0.134. The van der Waals surface area contributed by atoms with Gasteiger partial charge in [-0.05, 0) is 37.0 Å². The molecule has 0 aromatic heterocycles. The summed E-state index contributed by atoms with van der Waals surface area (Å²) in [7, 11) is 1.65. The maximum Gasteiger partial charge on any atom is 0.225 e. The van der Waals surface area contributed by atoms with Crippen LogP contribution in [0.25, 0.3) is 0 Å². The average molecular weight is 373 g/mol. The van der Waals surface area contributed by atoms with Gasteiger partial charge in [-0.3, -0.25) is 9.59 Å². The Bertz CT molecular complexity index is 655. The van der Waals surface area contributed by atoms with Gasteiger partial charge in [0.25, 0.3) is 0 Å². The zero-order valence-corrected chi connectivity index (χ0v) is 16.6. The predicted octanol–water partition coefficient (Wildman–Crippen LogP) is 3.34. The van der Waals surface area contributed by atoms with E-state index in [4.69, 9.17) is 4.74 Å². The molecule has 0 radical (unpaired) electrons. The van der Waals surface area contributed by atoms with E-state index in [0.717, 1.165) is 49.8 Å². The third-order valence-electron chi connectivity index (χ3n) is 6.02. The number of methoxy groups -OCH3 is 1. The van der Waals surface area contributed by atoms with Gasteiger partial charge >= 0.3 is 0 Å². The lowest BCUT2D eigenvalue weighted by Gasteiger charge is -2.20. The summed E-state index contributed by atoms with van der Waals surface area (Å²) >= 11 is 0. The van der Waals surface area contributed by atoms with E-state index in [1.54, 1.807) is 7.11 Å². The number of hydrogen-bond donors (Lipinski definition) is 1. The van der Waals surface area contributed by atoms with Crippen molar-refractivity contribution in [1.29, 1.82) is 0 Å². The van der Waals surface area contributed by atoms with Crippen molar-refractivity contribution >= 4 is 11.8 Å². The molecule has 5 nitrogen and oxygen atoms in total. The van der Waals surface area contributed by atoms with Crippen LogP contribution >= 0.6 is 0 Å². The van der Waals surface area contributed by atoms with Gasteiger partial charge in [0, 0.05) is 31.5 Å². The number of carbonyl (C=O) groups is 2. The third-order valence-corrected chi connectivity index (χ3v) is 6.02. The number of carbonyl (C=O) groups excluding carboxylic acids is 2. The second kappa shape index (κ2) is 9.25. The number of rotatable bonds is 7. The van der Waals surface area contributed by atoms with Crippen LogP contribution in [-0.4, -0.2) is 43.5 Å². The Labute approximate surface area is 162 Å². The van der Waals surface area contributed by atoms with Crippen LogP contribution in [0.5, 0.6) is 5.75 Å². The number of likely N-dealkylation sites (tertiary alicyclic amines) is 1. The van der Waals surface area contributed by atoms with Crippen molar-refractivity contribution in [3.63, 3.8) is 0 Å². The number of amides is 2. The van der Waals surface area contributed by atoms with Crippen molar-refractivity contribution in [2.45, 2.75) is 51.4 Å². The molecule has 1 saturated carbocycles. The summed E-state index contributed by atoms with van der Waals surface area (Å²) in [5.41, 5.74) is 1.08. The molecule has 3 rings (SSSR count). The molecule has 0 bridgehead atoms. The number of benzene rings is 1. The molecule has 1 aliphatic heterocycles. The summed E-state index contributed by atoms with van der Waals surface area (Å²) in [6.45, 7) is 3.96. The molecular formula is C22H32N2O3. The van der Waals surface area contributed by atoms with E-state index in [0.29, 0.717) is 19.6 Å². The Balaban J connectivity index is 1.77. The first-order valence-corrected chi connectivity index (χ1v) is 10.3. The zero-order valence-electron chi connectivity index (χ0n) is 16.6. The van der Waals surface area contributed by atoms with E-state index in [1.165, 1.54) is 0 Å². The molecule has 1 aromatic rings. The van der Waals surface area contributed by atoms with Crippen LogP contribution in [0.4, 0.5) is 0 Å². The summed E-state index contributed by atoms with van der Waals surface area (Å²) < 4.78 is 5.36. The van der Waals surface area contributed by atoms with Crippen molar-refractivity contribution in [3.8, 4) is 5.75 Å². The second-order valence-corrected chi connectivity index (χ2v) is 7.86. The van der Waals surface area contributed by atoms with Crippen molar-refractivity contribution in [1.82, 2.24) is 10.2 Å². The van der Waals surface area contributed by atoms with E-state index in [1.807, 2.05) is 29.2 Å². The summed E-state index contributed by atoms with van der Waals surface area (Å²) in [6.07, 6.45) is 6.30. The van der Waals surface area contributed by atoms with Gasteiger partial charge in [0.15, 0.2) is 0 Å². The molecule has 1 aromatic carbocycles. The van der Waals surface area contributed by atoms with Gasteiger partial charge in [0.2, 0.25) is 11.8 Å². The minimum absolute atomic E-state index is 0.0204. The maximum absolute atomic E-state index is 12.9. The van der Waals surface area contributed by atoms with Gasteiger partial charge in [0.05, 0.1) is 13.0 Å². The fourth-order valence-corrected chi connectivity index (χ4v) is 4.41. The molecule has 2 unspecified atom stereocenters. The molecule has 1 heterocycles. The Morgan fingerprint density at radius 1 is 1.22 bits per heavy atom. The topological polar surface area (TPSA) is 58.6 Å². The van der Waals surface area contributed by atoms with Crippen LogP contribution in [0, 0.1) is 11.8 Å². The first kappa shape index (κ1) is 19.7. The number of unbranched alkanes of at least 4 members (excludes halogenated alkanes) is 1. The highest BCUT2D eigenvalue weighted by atomic mass is 16.5. The first-order valence-electron chi connectivity index (χ1n) is 10.3. The van der Waals surface area contributed by atoms with Crippen molar-refractivity contribution < 1.29 is 14.3 Å². The summed E-state index contributed by atoms with van der Waals surface area (Å²) in [4.78, 5) is 27.7. The van der Waals surface area contributed by atoms with Crippen LogP contribution in [0.3, 0.4) is 0 Å². The highest BCUT2D eigenvalue weighted by Crippen LogP contribution is 2.36. The zero-order chi connectivity index (χ0) is 19.2. The van der Waals surface area contributed by atoms with Crippen molar-refractivity contribution in [3.05, 3.63) is 29.8 Å². The highest BCUT2D eigenvalue weighted by molar-refractivity contribution is 5.84. The Morgan fingerprint density at radius 2 is 2.00 bits per heavy atom. The number of nitrogens with zero attached hydrogens (tertiary/aromatic N) is 1. The van der Waals surface area contributed by atoms with Crippen LogP contribution in [-0.2, 0) is 9.59 Å². The smallest absolute Gasteiger partial charge is 0.225 e.